The molecule has 5 heteroatoms. The molecule has 0 aliphatic carbocycles. The van der Waals surface area contributed by atoms with Gasteiger partial charge >= 0.3 is 0 Å². The van der Waals surface area contributed by atoms with E-state index in [1.807, 2.05) is 19.1 Å². The van der Waals surface area contributed by atoms with Crippen LogP contribution in [0.4, 0.5) is 5.82 Å². The zero-order chi connectivity index (χ0) is 13.5. The Balaban J connectivity index is 1.61. The summed E-state index contributed by atoms with van der Waals surface area (Å²) >= 11 is 0. The van der Waals surface area contributed by atoms with E-state index < -0.39 is 0 Å². The molecule has 0 spiro atoms. The molecule has 1 atom stereocenters. The van der Waals surface area contributed by atoms with Crippen LogP contribution in [0.2, 0.25) is 0 Å². The molecular formula is C14H21N3O2. The third-order valence-electron chi connectivity index (χ3n) is 3.25. The summed E-state index contributed by atoms with van der Waals surface area (Å²) in [6.07, 6.45) is 3.33. The molecule has 1 aliphatic heterocycles. The monoisotopic (exact) mass is 263 g/mol. The van der Waals surface area contributed by atoms with Crippen molar-refractivity contribution in [2.75, 3.05) is 31.6 Å². The lowest BCUT2D eigenvalue weighted by atomic mass is 10.1. The van der Waals surface area contributed by atoms with Gasteiger partial charge in [0.15, 0.2) is 0 Å². The van der Waals surface area contributed by atoms with Crippen LogP contribution in [0.25, 0.3) is 0 Å². The van der Waals surface area contributed by atoms with Crippen LogP contribution in [0.15, 0.2) is 18.3 Å². The molecule has 1 aromatic heterocycles. The minimum atomic E-state index is 0.107. The van der Waals surface area contributed by atoms with E-state index in [0.29, 0.717) is 25.4 Å². The molecule has 104 valence electrons. The average Bonchev–Trinajstić information content (AvgIpc) is 2.89. The fourth-order valence-electron chi connectivity index (χ4n) is 2.13. The van der Waals surface area contributed by atoms with Crippen molar-refractivity contribution in [2.24, 2.45) is 5.92 Å². The number of carbonyl (C=O) groups is 1. The van der Waals surface area contributed by atoms with E-state index in [0.717, 1.165) is 31.0 Å². The molecule has 0 aromatic carbocycles. The summed E-state index contributed by atoms with van der Waals surface area (Å²) in [7, 11) is 0. The quantitative estimate of drug-likeness (QED) is 0.760. The normalized spacial score (nSPS) is 18.3. The maximum Gasteiger partial charge on any atom is 0.220 e. The van der Waals surface area contributed by atoms with Gasteiger partial charge in [-0.15, -0.1) is 0 Å². The van der Waals surface area contributed by atoms with Crippen LogP contribution in [0.5, 0.6) is 0 Å². The highest BCUT2D eigenvalue weighted by Gasteiger charge is 2.18. The summed E-state index contributed by atoms with van der Waals surface area (Å²) in [5.41, 5.74) is 1.11. The minimum absolute atomic E-state index is 0.107. The summed E-state index contributed by atoms with van der Waals surface area (Å²) < 4.78 is 5.25. The number of carbonyl (C=O) groups excluding carboxylic acids is 1. The van der Waals surface area contributed by atoms with Crippen LogP contribution in [0.3, 0.4) is 0 Å². The molecule has 1 amide bonds. The molecule has 1 aromatic rings. The number of aryl methyl sites for hydroxylation is 1. The number of hydrogen-bond donors (Lipinski definition) is 2. The Labute approximate surface area is 113 Å². The Morgan fingerprint density at radius 2 is 2.42 bits per heavy atom. The number of nitrogens with one attached hydrogen (secondary N) is 2. The van der Waals surface area contributed by atoms with E-state index in [1.165, 1.54) is 0 Å². The topological polar surface area (TPSA) is 63.2 Å². The largest absolute Gasteiger partial charge is 0.381 e. The average molecular weight is 263 g/mol. The molecule has 2 N–H and O–H groups in total. The van der Waals surface area contributed by atoms with Crippen molar-refractivity contribution in [3.8, 4) is 0 Å². The highest BCUT2D eigenvalue weighted by molar-refractivity contribution is 5.76. The van der Waals surface area contributed by atoms with E-state index in [4.69, 9.17) is 4.74 Å². The van der Waals surface area contributed by atoms with Gasteiger partial charge in [0.05, 0.1) is 0 Å². The summed E-state index contributed by atoms with van der Waals surface area (Å²) in [6.45, 7) is 4.82. The molecular weight excluding hydrogens is 242 g/mol. The second-order valence-electron chi connectivity index (χ2n) is 4.88. The first kappa shape index (κ1) is 13.8. The zero-order valence-electron chi connectivity index (χ0n) is 11.3. The predicted molar refractivity (Wildman–Crippen MR) is 74.0 cm³/mol. The molecule has 2 heterocycles. The van der Waals surface area contributed by atoms with Crippen LogP contribution < -0.4 is 10.6 Å². The number of aromatic nitrogens is 1. The summed E-state index contributed by atoms with van der Waals surface area (Å²) in [6, 6.07) is 3.92. The van der Waals surface area contributed by atoms with Crippen molar-refractivity contribution < 1.29 is 9.53 Å². The molecule has 0 unspecified atom stereocenters. The molecule has 0 radical (unpaired) electrons. The lowest BCUT2D eigenvalue weighted by Crippen LogP contribution is -2.30. The highest BCUT2D eigenvalue weighted by Crippen LogP contribution is 2.15. The van der Waals surface area contributed by atoms with Gasteiger partial charge in [-0.25, -0.2) is 4.98 Å². The third-order valence-corrected chi connectivity index (χ3v) is 3.25. The van der Waals surface area contributed by atoms with Gasteiger partial charge < -0.3 is 15.4 Å². The van der Waals surface area contributed by atoms with Gasteiger partial charge in [0.25, 0.3) is 0 Å². The number of anilines is 1. The Hall–Kier alpha value is -1.62. The second kappa shape index (κ2) is 7.09. The van der Waals surface area contributed by atoms with Gasteiger partial charge in [-0.05, 0) is 30.9 Å². The number of pyridine rings is 1. The Morgan fingerprint density at radius 1 is 1.53 bits per heavy atom. The van der Waals surface area contributed by atoms with Crippen LogP contribution in [0, 0.1) is 12.8 Å². The van der Waals surface area contributed by atoms with Crippen LogP contribution in [-0.4, -0.2) is 37.2 Å². The number of ether oxygens (including phenoxy) is 1. The lowest BCUT2D eigenvalue weighted by Gasteiger charge is -2.10. The molecule has 1 fully saturated rings. The van der Waals surface area contributed by atoms with Crippen molar-refractivity contribution in [1.29, 1.82) is 0 Å². The highest BCUT2D eigenvalue weighted by atomic mass is 16.5. The molecule has 0 bridgehead atoms. The van der Waals surface area contributed by atoms with Gasteiger partial charge in [0.2, 0.25) is 5.91 Å². The third kappa shape index (κ3) is 4.52. The predicted octanol–water partition coefficient (Wildman–Crippen LogP) is 1.34. The molecule has 1 saturated heterocycles. The first-order valence-corrected chi connectivity index (χ1v) is 6.75. The molecule has 0 saturated carbocycles. The van der Waals surface area contributed by atoms with Crippen LogP contribution >= 0.6 is 0 Å². The molecule has 19 heavy (non-hydrogen) atoms. The number of hydrogen-bond acceptors (Lipinski definition) is 4. The fourth-order valence-corrected chi connectivity index (χ4v) is 2.13. The standard InChI is InChI=1S/C14H21N3O2/c1-11-3-2-5-16-14(11)17-7-6-15-13(18)9-12-4-8-19-10-12/h2-3,5,12H,4,6-10H2,1H3,(H,15,18)(H,16,17)/t12-/m0/s1. The lowest BCUT2D eigenvalue weighted by molar-refractivity contribution is -0.121. The van der Waals surface area contributed by atoms with Gasteiger partial charge in [-0.1, -0.05) is 6.07 Å². The Bertz CT molecular complexity index is 417. The Kier molecular flexibility index (Phi) is 5.15. The van der Waals surface area contributed by atoms with Gasteiger partial charge in [-0.2, -0.15) is 0 Å². The van der Waals surface area contributed by atoms with Crippen molar-refractivity contribution >= 4 is 11.7 Å². The zero-order valence-corrected chi connectivity index (χ0v) is 11.3. The maximum atomic E-state index is 11.7. The summed E-state index contributed by atoms with van der Waals surface area (Å²) in [5, 5.41) is 6.13. The van der Waals surface area contributed by atoms with E-state index >= 15 is 0 Å². The molecule has 5 nitrogen and oxygen atoms in total. The van der Waals surface area contributed by atoms with Crippen LogP contribution in [-0.2, 0) is 9.53 Å². The Morgan fingerprint density at radius 3 is 3.16 bits per heavy atom. The van der Waals surface area contributed by atoms with Crippen molar-refractivity contribution in [2.45, 2.75) is 19.8 Å². The van der Waals surface area contributed by atoms with Gasteiger partial charge in [0, 0.05) is 38.9 Å². The van der Waals surface area contributed by atoms with E-state index in [2.05, 4.69) is 15.6 Å². The van der Waals surface area contributed by atoms with Crippen molar-refractivity contribution in [3.05, 3.63) is 23.9 Å². The first-order chi connectivity index (χ1) is 9.25. The van der Waals surface area contributed by atoms with Gasteiger partial charge in [-0.3, -0.25) is 4.79 Å². The number of rotatable bonds is 6. The van der Waals surface area contributed by atoms with E-state index in [-0.39, 0.29) is 5.91 Å². The smallest absolute Gasteiger partial charge is 0.220 e. The summed E-state index contributed by atoms with van der Waals surface area (Å²) in [5.74, 6) is 1.38. The summed E-state index contributed by atoms with van der Waals surface area (Å²) in [4.78, 5) is 15.9. The SMILES string of the molecule is Cc1cccnc1NCCNC(=O)C[C@@H]1CCOC1. The van der Waals surface area contributed by atoms with E-state index in [9.17, 15) is 4.79 Å². The molecule has 1 aliphatic rings. The second-order valence-corrected chi connectivity index (χ2v) is 4.88. The van der Waals surface area contributed by atoms with Crippen molar-refractivity contribution in [3.63, 3.8) is 0 Å². The first-order valence-electron chi connectivity index (χ1n) is 6.75. The maximum absolute atomic E-state index is 11.7. The fraction of sp³-hybridized carbons (Fsp3) is 0.571. The van der Waals surface area contributed by atoms with Crippen LogP contribution in [0.1, 0.15) is 18.4 Å². The van der Waals surface area contributed by atoms with E-state index in [1.54, 1.807) is 6.20 Å². The molecule has 2 rings (SSSR count). The number of amides is 1. The van der Waals surface area contributed by atoms with Gasteiger partial charge in [0.1, 0.15) is 5.82 Å². The minimum Gasteiger partial charge on any atom is -0.381 e. The number of nitrogens with zero attached hydrogens (tertiary/aromatic N) is 1. The van der Waals surface area contributed by atoms with Crippen molar-refractivity contribution in [1.82, 2.24) is 10.3 Å².